The smallest absolute Gasteiger partial charge is 0.227 e. The van der Waals surface area contributed by atoms with Gasteiger partial charge in [0.05, 0.1) is 19.6 Å². The molecule has 0 aromatic heterocycles. The third-order valence-electron chi connectivity index (χ3n) is 4.07. The lowest BCUT2D eigenvalue weighted by atomic mass is 10.0. The van der Waals surface area contributed by atoms with Gasteiger partial charge in [-0.2, -0.15) is 0 Å². The lowest BCUT2D eigenvalue weighted by Crippen LogP contribution is -2.31. The van der Waals surface area contributed by atoms with Crippen LogP contribution >= 0.6 is 0 Å². The summed E-state index contributed by atoms with van der Waals surface area (Å²) < 4.78 is 5.43. The van der Waals surface area contributed by atoms with Crippen LogP contribution in [-0.4, -0.2) is 37.1 Å². The van der Waals surface area contributed by atoms with Crippen molar-refractivity contribution in [1.82, 2.24) is 4.90 Å². The molecule has 0 unspecified atom stereocenters. The van der Waals surface area contributed by atoms with Crippen LogP contribution < -0.4 is 0 Å². The first-order valence-corrected chi connectivity index (χ1v) is 6.63. The van der Waals surface area contributed by atoms with Gasteiger partial charge >= 0.3 is 0 Å². The molecule has 1 aromatic carbocycles. The number of nitrogens with zero attached hydrogens (tertiary/aromatic N) is 1. The molecule has 3 rings (SSSR count). The standard InChI is InChI=1S/C15H19NO2/c1-11-2-4-12(5-3-11)6-15(17)16-7-13-9-18-10-14(13)8-16/h2-5,13-14H,6-10H2,1H3/t13-,14-/m0/s1. The van der Waals surface area contributed by atoms with Crippen LogP contribution in [0.3, 0.4) is 0 Å². The first-order valence-electron chi connectivity index (χ1n) is 6.63. The Bertz CT molecular complexity index is 428. The van der Waals surface area contributed by atoms with Crippen molar-refractivity contribution in [2.45, 2.75) is 13.3 Å². The third-order valence-corrected chi connectivity index (χ3v) is 4.07. The zero-order valence-electron chi connectivity index (χ0n) is 10.8. The van der Waals surface area contributed by atoms with Crippen LogP contribution in [-0.2, 0) is 16.0 Å². The fourth-order valence-electron chi connectivity index (χ4n) is 2.88. The van der Waals surface area contributed by atoms with Gasteiger partial charge in [-0.25, -0.2) is 0 Å². The summed E-state index contributed by atoms with van der Waals surface area (Å²) in [4.78, 5) is 14.2. The molecule has 2 aliphatic heterocycles. The van der Waals surface area contributed by atoms with Crippen LogP contribution in [0.4, 0.5) is 0 Å². The second-order valence-electron chi connectivity index (χ2n) is 5.52. The zero-order chi connectivity index (χ0) is 12.5. The summed E-state index contributed by atoms with van der Waals surface area (Å²) in [7, 11) is 0. The van der Waals surface area contributed by atoms with E-state index in [9.17, 15) is 4.79 Å². The lowest BCUT2D eigenvalue weighted by Gasteiger charge is -2.17. The van der Waals surface area contributed by atoms with E-state index >= 15 is 0 Å². The molecule has 2 heterocycles. The molecule has 0 radical (unpaired) electrons. The van der Waals surface area contributed by atoms with Crippen LogP contribution in [0.1, 0.15) is 11.1 Å². The van der Waals surface area contributed by atoms with Crippen molar-refractivity contribution >= 4 is 5.91 Å². The molecule has 2 fully saturated rings. The minimum Gasteiger partial charge on any atom is -0.381 e. The van der Waals surface area contributed by atoms with Crippen molar-refractivity contribution < 1.29 is 9.53 Å². The van der Waals surface area contributed by atoms with E-state index in [0.29, 0.717) is 18.3 Å². The Kier molecular flexibility index (Phi) is 3.08. The number of benzene rings is 1. The quantitative estimate of drug-likeness (QED) is 0.793. The highest BCUT2D eigenvalue weighted by atomic mass is 16.5. The van der Waals surface area contributed by atoms with Gasteiger partial charge in [-0.1, -0.05) is 29.8 Å². The molecule has 2 saturated heterocycles. The molecule has 96 valence electrons. The Morgan fingerprint density at radius 3 is 2.44 bits per heavy atom. The Balaban J connectivity index is 1.60. The number of rotatable bonds is 2. The monoisotopic (exact) mass is 245 g/mol. The number of fused-ring (bicyclic) bond motifs is 1. The molecule has 2 aliphatic rings. The van der Waals surface area contributed by atoms with Gasteiger partial charge in [0.2, 0.25) is 5.91 Å². The van der Waals surface area contributed by atoms with Gasteiger partial charge in [-0.15, -0.1) is 0 Å². The summed E-state index contributed by atoms with van der Waals surface area (Å²) in [5, 5.41) is 0. The number of hydrogen-bond acceptors (Lipinski definition) is 2. The van der Waals surface area contributed by atoms with Crippen LogP contribution in [0.5, 0.6) is 0 Å². The van der Waals surface area contributed by atoms with Crippen molar-refractivity contribution in [3.8, 4) is 0 Å². The van der Waals surface area contributed by atoms with Crippen LogP contribution in [0, 0.1) is 18.8 Å². The van der Waals surface area contributed by atoms with Gasteiger partial charge in [-0.05, 0) is 12.5 Å². The van der Waals surface area contributed by atoms with Gasteiger partial charge in [-0.3, -0.25) is 4.79 Å². The second kappa shape index (κ2) is 4.73. The summed E-state index contributed by atoms with van der Waals surface area (Å²) in [5.74, 6) is 1.41. The van der Waals surface area contributed by atoms with Gasteiger partial charge in [0.1, 0.15) is 0 Å². The Morgan fingerprint density at radius 2 is 1.83 bits per heavy atom. The minimum absolute atomic E-state index is 0.258. The lowest BCUT2D eigenvalue weighted by molar-refractivity contribution is -0.129. The van der Waals surface area contributed by atoms with Gasteiger partial charge in [0.15, 0.2) is 0 Å². The molecule has 0 bridgehead atoms. The van der Waals surface area contributed by atoms with Crippen molar-refractivity contribution in [2.75, 3.05) is 26.3 Å². The molecule has 18 heavy (non-hydrogen) atoms. The molecular weight excluding hydrogens is 226 g/mol. The molecule has 0 N–H and O–H groups in total. The first-order chi connectivity index (χ1) is 8.72. The Hall–Kier alpha value is -1.35. The van der Waals surface area contributed by atoms with Crippen LogP contribution in [0.15, 0.2) is 24.3 Å². The predicted octanol–water partition coefficient (Wildman–Crippen LogP) is 1.64. The van der Waals surface area contributed by atoms with E-state index < -0.39 is 0 Å². The predicted molar refractivity (Wildman–Crippen MR) is 69.3 cm³/mol. The van der Waals surface area contributed by atoms with E-state index in [1.54, 1.807) is 0 Å². The molecule has 3 heteroatoms. The van der Waals surface area contributed by atoms with E-state index in [1.807, 2.05) is 17.0 Å². The summed E-state index contributed by atoms with van der Waals surface area (Å²) >= 11 is 0. The average Bonchev–Trinajstić information content (AvgIpc) is 2.92. The molecule has 0 spiro atoms. The number of hydrogen-bond donors (Lipinski definition) is 0. The van der Waals surface area contributed by atoms with Crippen molar-refractivity contribution in [3.63, 3.8) is 0 Å². The summed E-state index contributed by atoms with van der Waals surface area (Å²) in [6.45, 7) is 5.50. The number of carbonyl (C=O) groups excluding carboxylic acids is 1. The number of carbonyl (C=O) groups is 1. The molecule has 0 saturated carbocycles. The first kappa shape index (κ1) is 11.7. The second-order valence-corrected chi connectivity index (χ2v) is 5.52. The number of ether oxygens (including phenoxy) is 1. The van der Waals surface area contributed by atoms with Crippen molar-refractivity contribution in [3.05, 3.63) is 35.4 Å². The van der Waals surface area contributed by atoms with E-state index in [4.69, 9.17) is 4.74 Å². The van der Waals surface area contributed by atoms with Crippen molar-refractivity contribution in [2.24, 2.45) is 11.8 Å². The summed E-state index contributed by atoms with van der Waals surface area (Å²) in [6, 6.07) is 8.23. The molecule has 1 aromatic rings. The number of likely N-dealkylation sites (tertiary alicyclic amines) is 1. The fourth-order valence-corrected chi connectivity index (χ4v) is 2.88. The molecule has 3 nitrogen and oxygen atoms in total. The van der Waals surface area contributed by atoms with Gasteiger partial charge in [0, 0.05) is 24.9 Å². The van der Waals surface area contributed by atoms with E-state index in [0.717, 1.165) is 31.9 Å². The number of amides is 1. The molecule has 0 aliphatic carbocycles. The maximum atomic E-state index is 12.2. The fraction of sp³-hybridized carbons (Fsp3) is 0.533. The topological polar surface area (TPSA) is 29.5 Å². The van der Waals surface area contributed by atoms with Crippen molar-refractivity contribution in [1.29, 1.82) is 0 Å². The Labute approximate surface area is 108 Å². The largest absolute Gasteiger partial charge is 0.381 e. The zero-order valence-corrected chi connectivity index (χ0v) is 10.8. The maximum Gasteiger partial charge on any atom is 0.227 e. The summed E-state index contributed by atoms with van der Waals surface area (Å²) in [5.41, 5.74) is 2.35. The minimum atomic E-state index is 0.258. The normalized spacial score (nSPS) is 26.4. The highest BCUT2D eigenvalue weighted by Gasteiger charge is 2.38. The van der Waals surface area contributed by atoms with Gasteiger partial charge in [0.25, 0.3) is 0 Å². The SMILES string of the molecule is Cc1ccc(CC(=O)N2C[C@H]3COC[C@@H]3C2)cc1. The van der Waals surface area contributed by atoms with E-state index in [2.05, 4.69) is 19.1 Å². The van der Waals surface area contributed by atoms with E-state index in [1.165, 1.54) is 5.56 Å². The van der Waals surface area contributed by atoms with Crippen LogP contribution in [0.2, 0.25) is 0 Å². The molecule has 2 atom stereocenters. The van der Waals surface area contributed by atoms with Gasteiger partial charge < -0.3 is 9.64 Å². The van der Waals surface area contributed by atoms with E-state index in [-0.39, 0.29) is 5.91 Å². The third kappa shape index (κ3) is 2.27. The maximum absolute atomic E-state index is 12.2. The molecular formula is C15H19NO2. The Morgan fingerprint density at radius 1 is 1.22 bits per heavy atom. The van der Waals surface area contributed by atoms with Crippen LogP contribution in [0.25, 0.3) is 0 Å². The molecule has 1 amide bonds. The summed E-state index contributed by atoms with van der Waals surface area (Å²) in [6.07, 6.45) is 0.528. The number of aryl methyl sites for hydroxylation is 1. The average molecular weight is 245 g/mol. The highest BCUT2D eigenvalue weighted by Crippen LogP contribution is 2.29. The highest BCUT2D eigenvalue weighted by molar-refractivity contribution is 5.79.